The summed E-state index contributed by atoms with van der Waals surface area (Å²) >= 11 is 0. The van der Waals surface area contributed by atoms with Crippen molar-refractivity contribution >= 4 is 21.8 Å². The van der Waals surface area contributed by atoms with E-state index in [4.69, 9.17) is 16.0 Å². The van der Waals surface area contributed by atoms with Crippen molar-refractivity contribution in [1.29, 1.82) is 0 Å². The fourth-order valence-corrected chi connectivity index (χ4v) is 10.2. The van der Waals surface area contributed by atoms with Crippen LogP contribution in [0.1, 0.15) is 155 Å². The maximum atomic E-state index is 14.1. The second-order valence-electron chi connectivity index (χ2n) is 14.3. The molecule has 2 fully saturated rings. The van der Waals surface area contributed by atoms with Gasteiger partial charge in [0.15, 0.2) is 0 Å². The van der Waals surface area contributed by atoms with E-state index < -0.39 is 25.5 Å². The first-order chi connectivity index (χ1) is 22.6. The van der Waals surface area contributed by atoms with E-state index in [1.165, 1.54) is 0 Å². The molecule has 0 bridgehead atoms. The molecule has 3 rings (SSSR count). The molecular weight excluding hydrogens is 610 g/mol. The minimum absolute atomic E-state index is 0.168. The zero-order valence-electron chi connectivity index (χ0n) is 29.7. The van der Waals surface area contributed by atoms with Gasteiger partial charge in [0, 0.05) is 12.8 Å². The molecule has 8 heteroatoms. The SMILES string of the molecule is [C-]#[N+]C(CCCCC)(CCCCC(C1(C(=O)OCCCC)CCCC1)C1(C(=O)OCCCC)CCCC1)S(=O)(=O)c1ccc(C)cc1. The highest BCUT2D eigenvalue weighted by Crippen LogP contribution is 2.59. The van der Waals surface area contributed by atoms with E-state index in [9.17, 15) is 18.0 Å². The highest BCUT2D eigenvalue weighted by Gasteiger charge is 2.60. The van der Waals surface area contributed by atoms with E-state index in [0.717, 1.165) is 69.8 Å². The molecule has 2 aliphatic rings. The van der Waals surface area contributed by atoms with Gasteiger partial charge >= 0.3 is 16.8 Å². The Balaban J connectivity index is 1.94. The molecule has 264 valence electrons. The summed E-state index contributed by atoms with van der Waals surface area (Å²) in [5.74, 6) is -0.574. The Morgan fingerprint density at radius 1 is 0.766 bits per heavy atom. The van der Waals surface area contributed by atoms with Crippen LogP contribution in [0.25, 0.3) is 4.85 Å². The highest BCUT2D eigenvalue weighted by molar-refractivity contribution is 7.93. The van der Waals surface area contributed by atoms with Crippen LogP contribution in [0.5, 0.6) is 0 Å². The number of ether oxygens (including phenoxy) is 2. The van der Waals surface area contributed by atoms with E-state index in [-0.39, 0.29) is 29.2 Å². The third kappa shape index (κ3) is 8.99. The largest absolute Gasteiger partial charge is 0.465 e. The van der Waals surface area contributed by atoms with Crippen LogP contribution in [0.3, 0.4) is 0 Å². The number of esters is 2. The van der Waals surface area contributed by atoms with Crippen molar-refractivity contribution in [2.45, 2.75) is 166 Å². The van der Waals surface area contributed by atoms with Crippen LogP contribution in [-0.2, 0) is 28.9 Å². The Bertz CT molecular complexity index is 1230. The van der Waals surface area contributed by atoms with Gasteiger partial charge in [-0.05, 0) is 82.8 Å². The highest BCUT2D eigenvalue weighted by atomic mass is 32.2. The number of hydrogen-bond acceptors (Lipinski definition) is 6. The predicted molar refractivity (Wildman–Crippen MR) is 187 cm³/mol. The molecule has 7 nitrogen and oxygen atoms in total. The van der Waals surface area contributed by atoms with Crippen molar-refractivity contribution in [3.05, 3.63) is 41.2 Å². The first kappa shape index (κ1) is 39.0. The van der Waals surface area contributed by atoms with Crippen LogP contribution in [0.4, 0.5) is 0 Å². The quantitative estimate of drug-likeness (QED) is 0.0734. The molecule has 1 atom stereocenters. The second-order valence-corrected chi connectivity index (χ2v) is 16.6. The monoisotopic (exact) mass is 671 g/mol. The predicted octanol–water partition coefficient (Wildman–Crippen LogP) is 9.95. The van der Waals surface area contributed by atoms with Crippen LogP contribution in [-0.4, -0.2) is 38.4 Å². The van der Waals surface area contributed by atoms with Crippen LogP contribution >= 0.6 is 0 Å². The molecular formula is C39H61NO6S. The van der Waals surface area contributed by atoms with E-state index in [2.05, 4.69) is 25.6 Å². The Morgan fingerprint density at radius 2 is 1.21 bits per heavy atom. The van der Waals surface area contributed by atoms with Crippen molar-refractivity contribution in [2.75, 3.05) is 13.2 Å². The van der Waals surface area contributed by atoms with Crippen molar-refractivity contribution in [2.24, 2.45) is 16.7 Å². The summed E-state index contributed by atoms with van der Waals surface area (Å²) in [6.45, 7) is 17.2. The molecule has 2 aliphatic carbocycles. The second kappa shape index (κ2) is 18.4. The molecule has 0 radical (unpaired) electrons. The van der Waals surface area contributed by atoms with Crippen molar-refractivity contribution in [3.8, 4) is 0 Å². The summed E-state index contributed by atoms with van der Waals surface area (Å²) in [4.78, 5) is 30.7. The van der Waals surface area contributed by atoms with Gasteiger partial charge in [-0.3, -0.25) is 14.4 Å². The van der Waals surface area contributed by atoms with E-state index in [1.54, 1.807) is 24.3 Å². The minimum Gasteiger partial charge on any atom is -0.465 e. The first-order valence-electron chi connectivity index (χ1n) is 18.6. The average Bonchev–Trinajstić information content (AvgIpc) is 3.76. The van der Waals surface area contributed by atoms with Crippen LogP contribution < -0.4 is 0 Å². The molecule has 47 heavy (non-hydrogen) atoms. The van der Waals surface area contributed by atoms with E-state index in [1.807, 2.05) is 6.92 Å². The molecule has 0 N–H and O–H groups in total. The normalized spacial score (nSPS) is 18.5. The summed E-state index contributed by atoms with van der Waals surface area (Å²) in [6, 6.07) is 6.84. The molecule has 1 unspecified atom stereocenters. The maximum absolute atomic E-state index is 14.1. The molecule has 1 aromatic rings. The zero-order valence-corrected chi connectivity index (χ0v) is 30.6. The van der Waals surface area contributed by atoms with Crippen LogP contribution in [0.2, 0.25) is 0 Å². The topological polar surface area (TPSA) is 91.1 Å². The minimum atomic E-state index is -3.92. The van der Waals surface area contributed by atoms with Crippen molar-refractivity contribution in [3.63, 3.8) is 0 Å². The van der Waals surface area contributed by atoms with Gasteiger partial charge in [-0.15, -0.1) is 0 Å². The summed E-state index contributed by atoms with van der Waals surface area (Å²) < 4.78 is 40.2. The van der Waals surface area contributed by atoms with Gasteiger partial charge in [-0.25, -0.2) is 15.0 Å². The van der Waals surface area contributed by atoms with E-state index in [0.29, 0.717) is 71.0 Å². The molecule has 0 heterocycles. The number of nitrogens with zero attached hydrogens (tertiary/aromatic N) is 1. The van der Waals surface area contributed by atoms with Gasteiger partial charge in [0.05, 0.1) is 28.9 Å². The molecule has 0 aliphatic heterocycles. The third-order valence-corrected chi connectivity index (χ3v) is 13.5. The zero-order chi connectivity index (χ0) is 34.4. The standard InChI is InChI=1S/C39H61NO6S/c1-6-9-13-28-39(40-5,47(43,44)33-22-20-32(4)21-23-33)29-14-12-19-34(37(24-15-16-25-37)35(41)45-30-10-7-2)38(26-17-18-27-38)36(42)46-31-11-8-3/h20-23,34H,6-19,24-31H2,1-4H3. The van der Waals surface area contributed by atoms with Crippen molar-refractivity contribution < 1.29 is 27.5 Å². The van der Waals surface area contributed by atoms with Gasteiger partial charge in [0.1, 0.15) is 0 Å². The summed E-state index contributed by atoms with van der Waals surface area (Å²) in [5.41, 5.74) is -0.515. The number of carbonyl (C=O) groups excluding carboxylic acids is 2. The Hall–Kier alpha value is -2.40. The molecule has 0 aromatic heterocycles. The lowest BCUT2D eigenvalue weighted by Crippen LogP contribution is -2.50. The number of sulfone groups is 1. The van der Waals surface area contributed by atoms with Gasteiger partial charge in [-0.1, -0.05) is 96.3 Å². The Labute approximate surface area is 285 Å². The third-order valence-electron chi connectivity index (χ3n) is 11.1. The fraction of sp³-hybridized carbons (Fsp3) is 0.769. The van der Waals surface area contributed by atoms with E-state index >= 15 is 0 Å². The fourth-order valence-electron chi connectivity index (χ4n) is 8.29. The molecule has 0 spiro atoms. The number of benzene rings is 1. The number of hydrogen-bond donors (Lipinski definition) is 0. The number of carbonyl (C=O) groups is 2. The Kier molecular flexibility index (Phi) is 15.3. The lowest BCUT2D eigenvalue weighted by Gasteiger charge is -2.45. The summed E-state index contributed by atoms with van der Waals surface area (Å²) in [6.07, 6.45) is 14.8. The van der Waals surface area contributed by atoms with Gasteiger partial charge in [0.25, 0.3) is 9.84 Å². The van der Waals surface area contributed by atoms with Gasteiger partial charge in [0.2, 0.25) is 0 Å². The smallest absolute Gasteiger partial charge is 0.333 e. The van der Waals surface area contributed by atoms with Crippen LogP contribution in [0, 0.1) is 30.2 Å². The van der Waals surface area contributed by atoms with Crippen LogP contribution in [0.15, 0.2) is 29.2 Å². The lowest BCUT2D eigenvalue weighted by atomic mass is 9.58. The molecule has 2 saturated carbocycles. The van der Waals surface area contributed by atoms with Gasteiger partial charge < -0.3 is 9.47 Å². The first-order valence-corrected chi connectivity index (χ1v) is 20.1. The average molecular weight is 672 g/mol. The number of unbranched alkanes of at least 4 members (excludes halogenated alkanes) is 5. The number of aryl methyl sites for hydroxylation is 1. The molecule has 0 amide bonds. The van der Waals surface area contributed by atoms with Gasteiger partial charge in [-0.2, -0.15) is 0 Å². The Morgan fingerprint density at radius 3 is 1.64 bits per heavy atom. The number of rotatable bonds is 21. The summed E-state index contributed by atoms with van der Waals surface area (Å²) in [7, 11) is -3.92. The lowest BCUT2D eigenvalue weighted by molar-refractivity contribution is -0.174. The maximum Gasteiger partial charge on any atom is 0.333 e. The molecule has 1 aromatic carbocycles. The molecule has 0 saturated heterocycles. The van der Waals surface area contributed by atoms with Crippen molar-refractivity contribution in [1.82, 2.24) is 0 Å². The summed E-state index contributed by atoms with van der Waals surface area (Å²) in [5, 5.41) is 0.